The number of likely N-dealkylation sites (tertiary alicyclic amines) is 1. The Balaban J connectivity index is 1.49. The van der Waals surface area contributed by atoms with Crippen LogP contribution in [0.3, 0.4) is 0 Å². The van der Waals surface area contributed by atoms with Gasteiger partial charge in [-0.15, -0.1) is 0 Å². The Hall–Kier alpha value is -0.630. The summed E-state index contributed by atoms with van der Waals surface area (Å²) in [6.45, 7) is 0.270. The summed E-state index contributed by atoms with van der Waals surface area (Å²) in [4.78, 5) is 32.1. The average Bonchev–Trinajstić information content (AvgIpc) is 3.80. The molecule has 0 bridgehead atoms. The van der Waals surface area contributed by atoms with E-state index in [1.165, 1.54) is 41.3 Å². The molecule has 4 atom stereocenters. The Morgan fingerprint density at radius 1 is 0.872 bits per heavy atom. The molecule has 2 amide bonds. The van der Waals surface area contributed by atoms with Crippen molar-refractivity contribution in [2.75, 3.05) is 6.61 Å². The van der Waals surface area contributed by atoms with E-state index in [1.54, 1.807) is 0 Å². The van der Waals surface area contributed by atoms with E-state index in [1.807, 2.05) is 0 Å². The minimum atomic E-state index is -0.515. The van der Waals surface area contributed by atoms with E-state index in [9.17, 15) is 9.90 Å². The lowest BCUT2D eigenvalue weighted by molar-refractivity contribution is -0.182. The standard InChI is InChI=1S/C33H51IN2O3/c34-29-13-7-4-8-24(29)20-33(32(39)35-25-18-19-25)28-12-6-5-11-27(28)31(38)36(26-9-2-1-3-10-26)30(33)23-16-14-22(21-37)15-17-23/h22-23,25-28,30,37H,1-21H2,(H,35,39)/t22?,23?,27?,28?,30-,33-/m0/s1. The van der Waals surface area contributed by atoms with Crippen molar-refractivity contribution < 1.29 is 14.7 Å². The number of allylic oxidation sites excluding steroid dienone is 2. The summed E-state index contributed by atoms with van der Waals surface area (Å²) in [7, 11) is 0. The summed E-state index contributed by atoms with van der Waals surface area (Å²) in [5.74, 6) is 1.61. The van der Waals surface area contributed by atoms with Gasteiger partial charge in [-0.3, -0.25) is 9.59 Å². The monoisotopic (exact) mass is 650 g/mol. The zero-order chi connectivity index (χ0) is 27.0. The van der Waals surface area contributed by atoms with Crippen LogP contribution in [0.2, 0.25) is 0 Å². The number of hydrogen-bond donors (Lipinski definition) is 2. The first-order valence-electron chi connectivity index (χ1n) is 16.6. The van der Waals surface area contributed by atoms with Gasteiger partial charge in [-0.1, -0.05) is 37.7 Å². The summed E-state index contributed by atoms with van der Waals surface area (Å²) in [5, 5.41) is 13.5. The van der Waals surface area contributed by atoms with Gasteiger partial charge >= 0.3 is 0 Å². The number of halogens is 1. The van der Waals surface area contributed by atoms with Gasteiger partial charge in [0.05, 0.1) is 5.41 Å². The Morgan fingerprint density at radius 3 is 2.26 bits per heavy atom. The molecule has 6 aliphatic rings. The lowest BCUT2D eigenvalue weighted by atomic mass is 9.51. The lowest BCUT2D eigenvalue weighted by Crippen LogP contribution is -2.71. The van der Waals surface area contributed by atoms with Crippen molar-refractivity contribution in [2.24, 2.45) is 29.1 Å². The highest BCUT2D eigenvalue weighted by molar-refractivity contribution is 14.1. The number of aliphatic hydroxyl groups is 1. The molecule has 5 fully saturated rings. The number of hydrogen-bond acceptors (Lipinski definition) is 3. The maximum absolute atomic E-state index is 15.0. The molecule has 0 spiro atoms. The predicted octanol–water partition coefficient (Wildman–Crippen LogP) is 7.05. The fraction of sp³-hybridized carbons (Fsp3) is 0.879. The first kappa shape index (κ1) is 28.5. The molecule has 6 heteroatoms. The number of nitrogens with one attached hydrogen (secondary N) is 1. The van der Waals surface area contributed by atoms with E-state index in [0.29, 0.717) is 35.7 Å². The summed E-state index contributed by atoms with van der Waals surface area (Å²) in [6.07, 6.45) is 22.1. The molecule has 0 radical (unpaired) electrons. The Labute approximate surface area is 249 Å². The van der Waals surface area contributed by atoms with Crippen LogP contribution in [0.4, 0.5) is 0 Å². The molecular weight excluding hydrogens is 599 g/mol. The molecule has 218 valence electrons. The number of carbonyl (C=O) groups excluding carboxylic acids is 2. The van der Waals surface area contributed by atoms with Crippen LogP contribution < -0.4 is 5.32 Å². The van der Waals surface area contributed by atoms with E-state index in [-0.39, 0.29) is 24.5 Å². The third-order valence-electron chi connectivity index (χ3n) is 11.7. The molecule has 1 heterocycles. The second-order valence-corrected chi connectivity index (χ2v) is 15.4. The molecule has 39 heavy (non-hydrogen) atoms. The molecule has 2 N–H and O–H groups in total. The van der Waals surface area contributed by atoms with Crippen LogP contribution in [0.25, 0.3) is 0 Å². The van der Waals surface area contributed by atoms with Crippen LogP contribution in [0.1, 0.15) is 128 Å². The van der Waals surface area contributed by atoms with E-state index in [4.69, 9.17) is 0 Å². The smallest absolute Gasteiger partial charge is 0.229 e. The lowest BCUT2D eigenvalue weighted by Gasteiger charge is -2.62. The van der Waals surface area contributed by atoms with Crippen molar-refractivity contribution in [1.82, 2.24) is 10.2 Å². The molecule has 1 saturated heterocycles. The Bertz CT molecular complexity index is 933. The summed E-state index contributed by atoms with van der Waals surface area (Å²) in [5.41, 5.74) is 1.02. The van der Waals surface area contributed by atoms with Crippen LogP contribution in [0.15, 0.2) is 9.15 Å². The SMILES string of the molecule is O=C1C2CCCCC2[C@](CC2=C(I)CCCC2)(C(=O)NC2CC2)[C@H](C2CCC(CO)CC2)N1C1CCCCC1. The molecule has 2 unspecified atom stereocenters. The van der Waals surface area contributed by atoms with Gasteiger partial charge in [0, 0.05) is 30.7 Å². The third-order valence-corrected chi connectivity index (χ3v) is 13.0. The molecule has 6 rings (SSSR count). The average molecular weight is 651 g/mol. The van der Waals surface area contributed by atoms with Crippen molar-refractivity contribution in [3.8, 4) is 0 Å². The van der Waals surface area contributed by atoms with Gasteiger partial charge < -0.3 is 15.3 Å². The number of amides is 2. The van der Waals surface area contributed by atoms with Crippen molar-refractivity contribution in [3.63, 3.8) is 0 Å². The van der Waals surface area contributed by atoms with Gasteiger partial charge in [0.15, 0.2) is 0 Å². The van der Waals surface area contributed by atoms with Crippen molar-refractivity contribution in [3.05, 3.63) is 9.15 Å². The molecule has 0 aromatic rings. The fourth-order valence-electron chi connectivity index (χ4n) is 9.57. The van der Waals surface area contributed by atoms with Gasteiger partial charge in [0.2, 0.25) is 11.8 Å². The fourth-order valence-corrected chi connectivity index (χ4v) is 10.4. The van der Waals surface area contributed by atoms with Gasteiger partial charge in [-0.2, -0.15) is 0 Å². The van der Waals surface area contributed by atoms with E-state index in [0.717, 1.165) is 96.3 Å². The number of aliphatic hydroxyl groups excluding tert-OH is 1. The zero-order valence-corrected chi connectivity index (χ0v) is 26.1. The van der Waals surface area contributed by atoms with E-state index < -0.39 is 5.41 Å². The maximum atomic E-state index is 15.0. The van der Waals surface area contributed by atoms with Gasteiger partial charge in [-0.05, 0) is 140 Å². The number of fused-ring (bicyclic) bond motifs is 1. The molecule has 4 saturated carbocycles. The minimum absolute atomic E-state index is 0.00414. The summed E-state index contributed by atoms with van der Waals surface area (Å²) in [6, 6.07) is 0.633. The second kappa shape index (κ2) is 12.3. The number of piperidine rings is 1. The quantitative estimate of drug-likeness (QED) is 0.290. The number of rotatable bonds is 7. The highest BCUT2D eigenvalue weighted by Gasteiger charge is 2.64. The summed E-state index contributed by atoms with van der Waals surface area (Å²) >= 11 is 2.59. The molecular formula is C33H51IN2O3. The van der Waals surface area contributed by atoms with Crippen molar-refractivity contribution >= 4 is 34.4 Å². The van der Waals surface area contributed by atoms with Gasteiger partial charge in [0.25, 0.3) is 0 Å². The van der Waals surface area contributed by atoms with E-state index >= 15 is 4.79 Å². The maximum Gasteiger partial charge on any atom is 0.229 e. The van der Waals surface area contributed by atoms with Crippen LogP contribution in [-0.4, -0.2) is 46.6 Å². The molecule has 0 aromatic carbocycles. The summed E-state index contributed by atoms with van der Waals surface area (Å²) < 4.78 is 1.49. The van der Waals surface area contributed by atoms with Gasteiger partial charge in [0.1, 0.15) is 0 Å². The molecule has 0 aromatic heterocycles. The van der Waals surface area contributed by atoms with E-state index in [2.05, 4.69) is 32.8 Å². The topological polar surface area (TPSA) is 69.6 Å². The Morgan fingerprint density at radius 2 is 1.56 bits per heavy atom. The van der Waals surface area contributed by atoms with Crippen LogP contribution in [0, 0.1) is 29.1 Å². The van der Waals surface area contributed by atoms with Crippen LogP contribution in [-0.2, 0) is 9.59 Å². The highest BCUT2D eigenvalue weighted by atomic mass is 127. The van der Waals surface area contributed by atoms with Crippen LogP contribution >= 0.6 is 22.6 Å². The third kappa shape index (κ3) is 5.60. The largest absolute Gasteiger partial charge is 0.396 e. The normalized spacial score (nSPS) is 38.5. The highest BCUT2D eigenvalue weighted by Crippen LogP contribution is 2.59. The molecule has 5 nitrogen and oxygen atoms in total. The first-order valence-corrected chi connectivity index (χ1v) is 17.7. The first-order chi connectivity index (χ1) is 19.0. The zero-order valence-electron chi connectivity index (χ0n) is 24.0. The van der Waals surface area contributed by atoms with Gasteiger partial charge in [-0.25, -0.2) is 0 Å². The number of carbonyl (C=O) groups is 2. The van der Waals surface area contributed by atoms with Crippen LogP contribution in [0.5, 0.6) is 0 Å². The predicted molar refractivity (Wildman–Crippen MR) is 163 cm³/mol. The second-order valence-electron chi connectivity index (χ2n) is 14.1. The minimum Gasteiger partial charge on any atom is -0.396 e. The number of nitrogens with zero attached hydrogens (tertiary/aromatic N) is 1. The van der Waals surface area contributed by atoms with Crippen molar-refractivity contribution in [2.45, 2.75) is 147 Å². The van der Waals surface area contributed by atoms with Crippen molar-refractivity contribution in [1.29, 1.82) is 0 Å². The molecule has 5 aliphatic carbocycles. The molecule has 1 aliphatic heterocycles. The Kier molecular flexibility index (Phi) is 8.99.